The molecular formula is C19H19N. The monoisotopic (exact) mass is 261 g/mol. The summed E-state index contributed by atoms with van der Waals surface area (Å²) >= 11 is 0. The van der Waals surface area contributed by atoms with E-state index >= 15 is 0 Å². The van der Waals surface area contributed by atoms with Crippen molar-refractivity contribution in [3.8, 4) is 0 Å². The summed E-state index contributed by atoms with van der Waals surface area (Å²) in [4.78, 5) is 2.24. The summed E-state index contributed by atoms with van der Waals surface area (Å²) < 4.78 is 0. The molecule has 0 aliphatic heterocycles. The molecule has 0 heterocycles. The van der Waals surface area contributed by atoms with Crippen molar-refractivity contribution in [3.63, 3.8) is 0 Å². The highest BCUT2D eigenvalue weighted by Crippen LogP contribution is 2.28. The fraction of sp³-hybridized carbons (Fsp3) is 0.158. The molecule has 20 heavy (non-hydrogen) atoms. The maximum Gasteiger partial charge on any atom is 0.0414 e. The largest absolute Gasteiger partial charge is 0.345 e. The topological polar surface area (TPSA) is 3.24 Å². The first kappa shape index (κ1) is 12.7. The van der Waals surface area contributed by atoms with Crippen LogP contribution in [0.1, 0.15) is 11.1 Å². The second kappa shape index (κ2) is 5.01. The van der Waals surface area contributed by atoms with Crippen LogP contribution in [0.4, 0.5) is 11.4 Å². The molecule has 3 aromatic rings. The molecule has 1 heteroatoms. The van der Waals surface area contributed by atoms with E-state index in [4.69, 9.17) is 0 Å². The second-order valence-electron chi connectivity index (χ2n) is 5.44. The zero-order valence-corrected chi connectivity index (χ0v) is 12.2. The Labute approximate surface area is 120 Å². The van der Waals surface area contributed by atoms with E-state index in [2.05, 4.69) is 86.5 Å². The van der Waals surface area contributed by atoms with Gasteiger partial charge in [-0.05, 0) is 60.0 Å². The van der Waals surface area contributed by atoms with Crippen LogP contribution >= 0.6 is 0 Å². The fourth-order valence-electron chi connectivity index (χ4n) is 2.68. The molecule has 3 rings (SSSR count). The predicted octanol–water partition coefficient (Wildman–Crippen LogP) is 5.22. The molecule has 100 valence electrons. The van der Waals surface area contributed by atoms with Gasteiger partial charge in [0.1, 0.15) is 0 Å². The summed E-state index contributed by atoms with van der Waals surface area (Å²) in [5, 5.41) is 2.56. The van der Waals surface area contributed by atoms with E-state index in [0.717, 1.165) is 0 Å². The Morgan fingerprint density at radius 1 is 0.650 bits per heavy atom. The number of hydrogen-bond donors (Lipinski definition) is 0. The number of nitrogens with zero attached hydrogens (tertiary/aromatic N) is 1. The average molecular weight is 261 g/mol. The van der Waals surface area contributed by atoms with Gasteiger partial charge < -0.3 is 4.90 Å². The van der Waals surface area contributed by atoms with Crippen LogP contribution in [0, 0.1) is 13.8 Å². The molecule has 1 nitrogen and oxygen atoms in total. The van der Waals surface area contributed by atoms with E-state index in [0.29, 0.717) is 0 Å². The highest BCUT2D eigenvalue weighted by Gasteiger charge is 2.06. The van der Waals surface area contributed by atoms with Crippen LogP contribution < -0.4 is 4.90 Å². The van der Waals surface area contributed by atoms with Crippen molar-refractivity contribution in [3.05, 3.63) is 71.8 Å². The molecule has 0 fully saturated rings. The van der Waals surface area contributed by atoms with Gasteiger partial charge >= 0.3 is 0 Å². The number of aryl methyl sites for hydroxylation is 2. The molecular weight excluding hydrogens is 242 g/mol. The van der Waals surface area contributed by atoms with Crippen LogP contribution in [0.25, 0.3) is 10.8 Å². The van der Waals surface area contributed by atoms with Gasteiger partial charge in [0.2, 0.25) is 0 Å². The Hall–Kier alpha value is -2.28. The molecule has 0 N–H and O–H groups in total. The number of fused-ring (bicyclic) bond motifs is 1. The number of hydrogen-bond acceptors (Lipinski definition) is 1. The van der Waals surface area contributed by atoms with Crippen LogP contribution in [-0.2, 0) is 0 Å². The van der Waals surface area contributed by atoms with Crippen molar-refractivity contribution in [1.82, 2.24) is 0 Å². The standard InChI is InChI=1S/C19H19N/c1-14-10-15(2)12-19(11-14)20(3)18-9-8-16-6-4-5-7-17(16)13-18/h4-13H,1-3H3. The maximum atomic E-state index is 2.24. The Balaban J connectivity index is 2.05. The van der Waals surface area contributed by atoms with Gasteiger partial charge in [0, 0.05) is 18.4 Å². The normalized spacial score (nSPS) is 10.8. The first-order valence-electron chi connectivity index (χ1n) is 6.94. The SMILES string of the molecule is Cc1cc(C)cc(N(C)c2ccc3ccccc3c2)c1. The Morgan fingerprint density at radius 3 is 2.00 bits per heavy atom. The third-order valence-electron chi connectivity index (χ3n) is 3.71. The molecule has 0 unspecified atom stereocenters. The maximum absolute atomic E-state index is 2.24. The lowest BCUT2D eigenvalue weighted by Gasteiger charge is -2.21. The number of rotatable bonds is 2. The van der Waals surface area contributed by atoms with Crippen molar-refractivity contribution in [2.24, 2.45) is 0 Å². The van der Waals surface area contributed by atoms with Gasteiger partial charge in [0.15, 0.2) is 0 Å². The summed E-state index contributed by atoms with van der Waals surface area (Å²) in [5.41, 5.74) is 5.05. The van der Waals surface area contributed by atoms with Crippen LogP contribution in [0.2, 0.25) is 0 Å². The van der Waals surface area contributed by atoms with Gasteiger partial charge in [-0.2, -0.15) is 0 Å². The summed E-state index contributed by atoms with van der Waals surface area (Å²) in [5.74, 6) is 0. The van der Waals surface area contributed by atoms with Crippen LogP contribution in [0.15, 0.2) is 60.7 Å². The molecule has 0 atom stereocenters. The van der Waals surface area contributed by atoms with E-state index in [1.54, 1.807) is 0 Å². The molecule has 0 saturated carbocycles. The van der Waals surface area contributed by atoms with E-state index in [-0.39, 0.29) is 0 Å². The fourth-order valence-corrected chi connectivity index (χ4v) is 2.68. The zero-order chi connectivity index (χ0) is 14.1. The minimum absolute atomic E-state index is 1.22. The van der Waals surface area contributed by atoms with E-state index in [9.17, 15) is 0 Å². The van der Waals surface area contributed by atoms with Gasteiger partial charge in [0.05, 0.1) is 0 Å². The minimum Gasteiger partial charge on any atom is -0.345 e. The average Bonchev–Trinajstić information content (AvgIpc) is 2.45. The molecule has 0 spiro atoms. The molecule has 0 radical (unpaired) electrons. The highest BCUT2D eigenvalue weighted by molar-refractivity contribution is 5.86. The van der Waals surface area contributed by atoms with Gasteiger partial charge in [-0.1, -0.05) is 36.4 Å². The quantitative estimate of drug-likeness (QED) is 0.611. The van der Waals surface area contributed by atoms with Crippen LogP contribution in [0.3, 0.4) is 0 Å². The molecule has 0 aliphatic carbocycles. The predicted molar refractivity (Wildman–Crippen MR) is 87.9 cm³/mol. The van der Waals surface area contributed by atoms with Crippen molar-refractivity contribution in [2.45, 2.75) is 13.8 Å². The lowest BCUT2D eigenvalue weighted by Crippen LogP contribution is -2.09. The lowest BCUT2D eigenvalue weighted by molar-refractivity contribution is 1.19. The highest BCUT2D eigenvalue weighted by atomic mass is 15.1. The van der Waals surface area contributed by atoms with Crippen molar-refractivity contribution in [1.29, 1.82) is 0 Å². The number of anilines is 2. The van der Waals surface area contributed by atoms with E-state index < -0.39 is 0 Å². The van der Waals surface area contributed by atoms with Crippen LogP contribution in [0.5, 0.6) is 0 Å². The zero-order valence-electron chi connectivity index (χ0n) is 12.2. The first-order valence-corrected chi connectivity index (χ1v) is 6.94. The van der Waals surface area contributed by atoms with Crippen molar-refractivity contribution in [2.75, 3.05) is 11.9 Å². The Bertz CT molecular complexity index is 738. The number of benzene rings is 3. The lowest BCUT2D eigenvalue weighted by atomic mass is 10.1. The molecule has 0 amide bonds. The summed E-state index contributed by atoms with van der Waals surface area (Å²) in [6.07, 6.45) is 0. The Morgan fingerprint density at radius 2 is 1.30 bits per heavy atom. The van der Waals surface area contributed by atoms with E-state index in [1.165, 1.54) is 33.3 Å². The van der Waals surface area contributed by atoms with E-state index in [1.807, 2.05) is 0 Å². The van der Waals surface area contributed by atoms with Crippen molar-refractivity contribution >= 4 is 22.1 Å². The van der Waals surface area contributed by atoms with Gasteiger partial charge in [-0.15, -0.1) is 0 Å². The van der Waals surface area contributed by atoms with Gasteiger partial charge in [0.25, 0.3) is 0 Å². The molecule has 0 aliphatic rings. The van der Waals surface area contributed by atoms with Gasteiger partial charge in [-0.25, -0.2) is 0 Å². The minimum atomic E-state index is 1.22. The van der Waals surface area contributed by atoms with Crippen molar-refractivity contribution < 1.29 is 0 Å². The molecule has 3 aromatic carbocycles. The van der Waals surface area contributed by atoms with Crippen LogP contribution in [-0.4, -0.2) is 7.05 Å². The summed E-state index contributed by atoms with van der Waals surface area (Å²) in [7, 11) is 2.12. The summed E-state index contributed by atoms with van der Waals surface area (Å²) in [6.45, 7) is 4.29. The smallest absolute Gasteiger partial charge is 0.0414 e. The third kappa shape index (κ3) is 2.39. The molecule has 0 saturated heterocycles. The third-order valence-corrected chi connectivity index (χ3v) is 3.71. The molecule has 0 aromatic heterocycles. The van der Waals surface area contributed by atoms with Gasteiger partial charge in [-0.3, -0.25) is 0 Å². The second-order valence-corrected chi connectivity index (χ2v) is 5.44. The molecule has 0 bridgehead atoms. The Kier molecular flexibility index (Phi) is 3.19. The first-order chi connectivity index (χ1) is 9.63. The summed E-state index contributed by atoms with van der Waals surface area (Å²) in [6, 6.07) is 21.7.